The quantitative estimate of drug-likeness (QED) is 0.813. The van der Waals surface area contributed by atoms with Gasteiger partial charge in [-0.3, -0.25) is 9.88 Å². The second-order valence-electron chi connectivity index (χ2n) is 4.60. The molecule has 0 bridgehead atoms. The molecule has 0 radical (unpaired) electrons. The van der Waals surface area contributed by atoms with Gasteiger partial charge in [0, 0.05) is 43.0 Å². The first-order chi connectivity index (χ1) is 9.74. The van der Waals surface area contributed by atoms with Crippen molar-refractivity contribution in [2.45, 2.75) is 6.92 Å². The molecule has 2 N–H and O–H groups in total. The van der Waals surface area contributed by atoms with Gasteiger partial charge in [-0.25, -0.2) is 4.39 Å². The van der Waals surface area contributed by atoms with E-state index in [2.05, 4.69) is 22.1 Å². The fourth-order valence-electron chi connectivity index (χ4n) is 2.19. The summed E-state index contributed by atoms with van der Waals surface area (Å²) in [6, 6.07) is 6.51. The Morgan fingerprint density at radius 2 is 2.15 bits per heavy atom. The highest BCUT2D eigenvalue weighted by Crippen LogP contribution is 2.21. The van der Waals surface area contributed by atoms with E-state index in [0.717, 1.165) is 30.7 Å². The lowest BCUT2D eigenvalue weighted by Gasteiger charge is -2.19. The number of hydrogen-bond acceptors (Lipinski definition) is 4. The first kappa shape index (κ1) is 14.7. The van der Waals surface area contributed by atoms with Crippen molar-refractivity contribution in [3.05, 3.63) is 36.3 Å². The van der Waals surface area contributed by atoms with E-state index in [1.807, 2.05) is 6.07 Å². The van der Waals surface area contributed by atoms with Gasteiger partial charge >= 0.3 is 0 Å². The summed E-state index contributed by atoms with van der Waals surface area (Å²) in [5.41, 5.74) is 1.60. The topological polar surface area (TPSA) is 48.4 Å². The number of nitrogens with one attached hydrogen (secondary N) is 1. The Morgan fingerprint density at radius 1 is 1.30 bits per heavy atom. The van der Waals surface area contributed by atoms with E-state index < -0.39 is 0 Å². The minimum atomic E-state index is -0.276. The van der Waals surface area contributed by atoms with Gasteiger partial charge in [-0.1, -0.05) is 6.92 Å². The van der Waals surface area contributed by atoms with Gasteiger partial charge in [-0.15, -0.1) is 0 Å². The third-order valence-electron chi connectivity index (χ3n) is 3.31. The molecule has 0 atom stereocenters. The molecule has 2 rings (SSSR count). The Hall–Kier alpha value is -1.72. The van der Waals surface area contributed by atoms with Crippen LogP contribution in [0, 0.1) is 5.82 Å². The number of aliphatic hydroxyl groups excluding tert-OH is 1. The molecule has 4 nitrogen and oxygen atoms in total. The van der Waals surface area contributed by atoms with Crippen molar-refractivity contribution in [1.29, 1.82) is 0 Å². The molecule has 1 heterocycles. The molecule has 0 fully saturated rings. The summed E-state index contributed by atoms with van der Waals surface area (Å²) < 4.78 is 13.2. The van der Waals surface area contributed by atoms with Gasteiger partial charge in [0.2, 0.25) is 0 Å². The Labute approximate surface area is 118 Å². The predicted octanol–water partition coefficient (Wildman–Crippen LogP) is 2.10. The van der Waals surface area contributed by atoms with Crippen LogP contribution in [0.25, 0.3) is 10.9 Å². The number of hydrogen-bond donors (Lipinski definition) is 2. The van der Waals surface area contributed by atoms with Crippen molar-refractivity contribution >= 4 is 16.6 Å². The molecule has 5 heteroatoms. The van der Waals surface area contributed by atoms with Crippen LogP contribution < -0.4 is 5.32 Å². The predicted molar refractivity (Wildman–Crippen MR) is 79.4 cm³/mol. The first-order valence-corrected chi connectivity index (χ1v) is 6.86. The lowest BCUT2D eigenvalue weighted by Crippen LogP contribution is -2.31. The number of aliphatic hydroxyl groups is 1. The summed E-state index contributed by atoms with van der Waals surface area (Å²) in [5, 5.41) is 13.2. The van der Waals surface area contributed by atoms with Gasteiger partial charge < -0.3 is 10.4 Å². The van der Waals surface area contributed by atoms with Crippen LogP contribution in [-0.2, 0) is 0 Å². The average Bonchev–Trinajstić information content (AvgIpc) is 2.46. The Bertz CT molecular complexity index is 562. The molecule has 0 aliphatic heterocycles. The number of likely N-dealkylation sites (N-methyl/N-ethyl adjacent to an activating group) is 1. The summed E-state index contributed by atoms with van der Waals surface area (Å²) in [6.07, 6.45) is 1.68. The number of anilines is 1. The van der Waals surface area contributed by atoms with Crippen molar-refractivity contribution in [2.24, 2.45) is 0 Å². The summed E-state index contributed by atoms with van der Waals surface area (Å²) in [6.45, 7) is 5.45. The molecule has 2 aromatic rings. The zero-order valence-corrected chi connectivity index (χ0v) is 11.6. The Morgan fingerprint density at radius 3 is 2.90 bits per heavy atom. The van der Waals surface area contributed by atoms with Crippen LogP contribution in [0.5, 0.6) is 0 Å². The molecule has 0 aliphatic carbocycles. The number of halogens is 1. The van der Waals surface area contributed by atoms with Crippen LogP contribution in [0.1, 0.15) is 6.92 Å². The van der Waals surface area contributed by atoms with Gasteiger partial charge in [-0.05, 0) is 24.7 Å². The van der Waals surface area contributed by atoms with Crippen molar-refractivity contribution in [1.82, 2.24) is 9.88 Å². The SMILES string of the molecule is CCN(CCO)CCNc1ccnc2cc(F)ccc12. The highest BCUT2D eigenvalue weighted by atomic mass is 19.1. The van der Waals surface area contributed by atoms with E-state index in [1.54, 1.807) is 12.3 Å². The van der Waals surface area contributed by atoms with Gasteiger partial charge in [0.1, 0.15) is 5.82 Å². The molecule has 0 saturated heterocycles. The maximum absolute atomic E-state index is 13.2. The van der Waals surface area contributed by atoms with Crippen LogP contribution in [0.15, 0.2) is 30.5 Å². The fraction of sp³-hybridized carbons (Fsp3) is 0.400. The number of benzene rings is 1. The van der Waals surface area contributed by atoms with Crippen molar-refractivity contribution in [2.75, 3.05) is 38.1 Å². The monoisotopic (exact) mass is 277 g/mol. The Balaban J connectivity index is 2.03. The normalized spacial score (nSPS) is 11.2. The van der Waals surface area contributed by atoms with Gasteiger partial charge in [-0.2, -0.15) is 0 Å². The van der Waals surface area contributed by atoms with Gasteiger partial charge in [0.05, 0.1) is 12.1 Å². The first-order valence-electron chi connectivity index (χ1n) is 6.86. The third kappa shape index (κ3) is 3.65. The number of nitrogens with zero attached hydrogens (tertiary/aromatic N) is 2. The van der Waals surface area contributed by atoms with Crippen LogP contribution >= 0.6 is 0 Å². The van der Waals surface area contributed by atoms with Crippen LogP contribution in [-0.4, -0.2) is 47.8 Å². The zero-order chi connectivity index (χ0) is 14.4. The standard InChI is InChI=1S/C15H20FN3O/c1-2-19(9-10-20)8-7-18-14-5-6-17-15-11-12(16)3-4-13(14)15/h3-6,11,20H,2,7-10H2,1H3,(H,17,18). The van der Waals surface area contributed by atoms with Gasteiger partial charge in [0.15, 0.2) is 0 Å². The lowest BCUT2D eigenvalue weighted by molar-refractivity contribution is 0.206. The molecule has 0 aliphatic rings. The zero-order valence-electron chi connectivity index (χ0n) is 11.6. The molecule has 0 spiro atoms. The molecule has 0 unspecified atom stereocenters. The maximum atomic E-state index is 13.2. The molecular weight excluding hydrogens is 257 g/mol. The average molecular weight is 277 g/mol. The van der Waals surface area contributed by atoms with Crippen molar-refractivity contribution in [3.8, 4) is 0 Å². The van der Waals surface area contributed by atoms with Crippen molar-refractivity contribution < 1.29 is 9.50 Å². The third-order valence-corrected chi connectivity index (χ3v) is 3.31. The second-order valence-corrected chi connectivity index (χ2v) is 4.60. The largest absolute Gasteiger partial charge is 0.395 e. The molecule has 0 saturated carbocycles. The number of fused-ring (bicyclic) bond motifs is 1. The van der Waals surface area contributed by atoms with E-state index in [-0.39, 0.29) is 12.4 Å². The van der Waals surface area contributed by atoms with Crippen LogP contribution in [0.3, 0.4) is 0 Å². The maximum Gasteiger partial charge on any atom is 0.125 e. The summed E-state index contributed by atoms with van der Waals surface area (Å²) in [4.78, 5) is 6.33. The molecule has 0 amide bonds. The van der Waals surface area contributed by atoms with Crippen LogP contribution in [0.4, 0.5) is 10.1 Å². The smallest absolute Gasteiger partial charge is 0.125 e. The van der Waals surface area contributed by atoms with E-state index in [0.29, 0.717) is 12.1 Å². The van der Waals surface area contributed by atoms with Gasteiger partial charge in [0.25, 0.3) is 0 Å². The number of rotatable bonds is 7. The molecule has 1 aromatic heterocycles. The van der Waals surface area contributed by atoms with Crippen molar-refractivity contribution in [3.63, 3.8) is 0 Å². The number of pyridine rings is 1. The second kappa shape index (κ2) is 7.17. The minimum absolute atomic E-state index is 0.172. The highest BCUT2D eigenvalue weighted by molar-refractivity contribution is 5.90. The molecule has 108 valence electrons. The van der Waals surface area contributed by atoms with E-state index in [4.69, 9.17) is 5.11 Å². The molecule has 20 heavy (non-hydrogen) atoms. The summed E-state index contributed by atoms with van der Waals surface area (Å²) in [7, 11) is 0. The van der Waals surface area contributed by atoms with E-state index in [9.17, 15) is 4.39 Å². The summed E-state index contributed by atoms with van der Waals surface area (Å²) in [5.74, 6) is -0.276. The summed E-state index contributed by atoms with van der Waals surface area (Å²) >= 11 is 0. The lowest BCUT2D eigenvalue weighted by atomic mass is 10.2. The van der Waals surface area contributed by atoms with Crippen LogP contribution in [0.2, 0.25) is 0 Å². The minimum Gasteiger partial charge on any atom is -0.395 e. The molecular formula is C15H20FN3O. The Kier molecular flexibility index (Phi) is 5.26. The molecule has 1 aromatic carbocycles. The van der Waals surface area contributed by atoms with E-state index >= 15 is 0 Å². The fourth-order valence-corrected chi connectivity index (χ4v) is 2.19. The highest BCUT2D eigenvalue weighted by Gasteiger charge is 2.04. The number of aromatic nitrogens is 1. The van der Waals surface area contributed by atoms with E-state index in [1.165, 1.54) is 12.1 Å².